The van der Waals surface area contributed by atoms with Crippen molar-refractivity contribution < 1.29 is 13.9 Å². The number of benzene rings is 1. The molecule has 0 N–H and O–H groups in total. The molecule has 2 aliphatic heterocycles. The number of amides is 1. The Kier molecular flexibility index (Phi) is 2.82. The molecule has 2 unspecified atom stereocenters. The lowest BCUT2D eigenvalue weighted by molar-refractivity contribution is -0.0303. The summed E-state index contributed by atoms with van der Waals surface area (Å²) in [7, 11) is 0. The van der Waals surface area contributed by atoms with E-state index in [2.05, 4.69) is 0 Å². The van der Waals surface area contributed by atoms with Crippen molar-refractivity contribution in [3.05, 3.63) is 35.1 Å². The molecule has 1 aromatic carbocycles. The summed E-state index contributed by atoms with van der Waals surface area (Å²) in [6.07, 6.45) is 2.45. The molecule has 2 fully saturated rings. The van der Waals surface area contributed by atoms with Crippen molar-refractivity contribution in [2.24, 2.45) is 0 Å². The zero-order valence-corrected chi connectivity index (χ0v) is 10.4. The van der Waals surface area contributed by atoms with Crippen LogP contribution in [0, 0.1) is 12.7 Å². The van der Waals surface area contributed by atoms with Crippen LogP contribution in [0.5, 0.6) is 0 Å². The van der Waals surface area contributed by atoms with Gasteiger partial charge in [0.15, 0.2) is 0 Å². The monoisotopic (exact) mass is 249 g/mol. The molecular weight excluding hydrogens is 233 g/mol. The molecule has 3 nitrogen and oxygen atoms in total. The van der Waals surface area contributed by atoms with Gasteiger partial charge >= 0.3 is 0 Å². The number of fused-ring (bicyclic) bond motifs is 2. The van der Waals surface area contributed by atoms with Crippen LogP contribution in [0.25, 0.3) is 0 Å². The van der Waals surface area contributed by atoms with Crippen LogP contribution in [0.3, 0.4) is 0 Å². The molecule has 2 bridgehead atoms. The summed E-state index contributed by atoms with van der Waals surface area (Å²) >= 11 is 0. The van der Waals surface area contributed by atoms with E-state index >= 15 is 0 Å². The standard InChI is InChI=1S/C14H16FNO2/c1-9-6-10(15)2-5-13(9)14(17)16-7-11-3-4-12(8-16)18-11/h2,5-6,11-12H,3-4,7-8H2,1H3. The van der Waals surface area contributed by atoms with Crippen molar-refractivity contribution in [1.82, 2.24) is 4.90 Å². The Morgan fingerprint density at radius 1 is 1.33 bits per heavy atom. The average Bonchev–Trinajstić information content (AvgIpc) is 2.67. The molecule has 0 spiro atoms. The molecule has 2 heterocycles. The zero-order chi connectivity index (χ0) is 12.7. The molecule has 4 heteroatoms. The number of hydrogen-bond acceptors (Lipinski definition) is 2. The van der Waals surface area contributed by atoms with Crippen LogP contribution in [0.1, 0.15) is 28.8 Å². The molecule has 1 aromatic rings. The molecule has 2 atom stereocenters. The van der Waals surface area contributed by atoms with E-state index in [-0.39, 0.29) is 23.9 Å². The van der Waals surface area contributed by atoms with Crippen molar-refractivity contribution >= 4 is 5.91 Å². The number of carbonyl (C=O) groups is 1. The highest BCUT2D eigenvalue weighted by atomic mass is 19.1. The SMILES string of the molecule is Cc1cc(F)ccc1C(=O)N1CC2CCC(C1)O2. The predicted octanol–water partition coefficient (Wildman–Crippen LogP) is 2.14. The van der Waals surface area contributed by atoms with E-state index in [4.69, 9.17) is 4.74 Å². The molecule has 2 aliphatic rings. The first-order valence-electron chi connectivity index (χ1n) is 6.34. The Balaban J connectivity index is 1.82. The van der Waals surface area contributed by atoms with Gasteiger partial charge in [-0.15, -0.1) is 0 Å². The van der Waals surface area contributed by atoms with Crippen molar-refractivity contribution in [1.29, 1.82) is 0 Å². The van der Waals surface area contributed by atoms with Gasteiger partial charge in [-0.1, -0.05) is 0 Å². The fourth-order valence-electron chi connectivity index (χ4n) is 2.82. The van der Waals surface area contributed by atoms with E-state index in [0.717, 1.165) is 12.8 Å². The number of morpholine rings is 1. The largest absolute Gasteiger partial charge is 0.371 e. The van der Waals surface area contributed by atoms with Crippen molar-refractivity contribution in [3.8, 4) is 0 Å². The lowest BCUT2D eigenvalue weighted by Gasteiger charge is -2.32. The lowest BCUT2D eigenvalue weighted by Crippen LogP contribution is -2.46. The number of hydrogen-bond donors (Lipinski definition) is 0. The topological polar surface area (TPSA) is 29.5 Å². The van der Waals surface area contributed by atoms with Gasteiger partial charge in [-0.3, -0.25) is 4.79 Å². The summed E-state index contributed by atoms with van der Waals surface area (Å²) in [6.45, 7) is 3.09. The molecule has 0 saturated carbocycles. The summed E-state index contributed by atoms with van der Waals surface area (Å²) in [5.74, 6) is -0.307. The number of likely N-dealkylation sites (tertiary alicyclic amines) is 1. The van der Waals surface area contributed by atoms with Gasteiger partial charge in [-0.2, -0.15) is 0 Å². The molecular formula is C14H16FNO2. The normalized spacial score (nSPS) is 26.4. The van der Waals surface area contributed by atoms with E-state index in [1.54, 1.807) is 13.0 Å². The molecule has 0 aromatic heterocycles. The molecule has 0 aliphatic carbocycles. The first-order valence-corrected chi connectivity index (χ1v) is 6.34. The lowest BCUT2D eigenvalue weighted by atomic mass is 10.1. The minimum atomic E-state index is -0.300. The highest BCUT2D eigenvalue weighted by molar-refractivity contribution is 5.95. The van der Waals surface area contributed by atoms with Gasteiger partial charge in [0.05, 0.1) is 12.2 Å². The van der Waals surface area contributed by atoms with Crippen LogP contribution >= 0.6 is 0 Å². The van der Waals surface area contributed by atoms with Crippen LogP contribution in [-0.2, 0) is 4.74 Å². The van der Waals surface area contributed by atoms with Crippen molar-refractivity contribution in [3.63, 3.8) is 0 Å². The maximum absolute atomic E-state index is 13.0. The molecule has 18 heavy (non-hydrogen) atoms. The van der Waals surface area contributed by atoms with Crippen molar-refractivity contribution in [2.75, 3.05) is 13.1 Å². The quantitative estimate of drug-likeness (QED) is 0.763. The Morgan fingerprint density at radius 3 is 2.61 bits per heavy atom. The van der Waals surface area contributed by atoms with Gasteiger partial charge in [0.1, 0.15) is 5.82 Å². The predicted molar refractivity (Wildman–Crippen MR) is 64.9 cm³/mol. The third kappa shape index (κ3) is 2.01. The number of rotatable bonds is 1. The fourth-order valence-corrected chi connectivity index (χ4v) is 2.82. The number of halogens is 1. The Morgan fingerprint density at radius 2 is 2.00 bits per heavy atom. The van der Waals surface area contributed by atoms with Crippen LogP contribution in [0.15, 0.2) is 18.2 Å². The van der Waals surface area contributed by atoms with Crippen LogP contribution in [0.4, 0.5) is 4.39 Å². The molecule has 3 rings (SSSR count). The van der Waals surface area contributed by atoms with Gasteiger partial charge < -0.3 is 9.64 Å². The minimum absolute atomic E-state index is 0.00676. The van der Waals surface area contributed by atoms with Gasteiger partial charge in [0, 0.05) is 18.7 Å². The second kappa shape index (κ2) is 4.35. The summed E-state index contributed by atoms with van der Waals surface area (Å²) in [5, 5.41) is 0. The number of nitrogens with zero attached hydrogens (tertiary/aromatic N) is 1. The van der Waals surface area contributed by atoms with Crippen LogP contribution in [-0.4, -0.2) is 36.1 Å². The van der Waals surface area contributed by atoms with E-state index in [1.807, 2.05) is 4.90 Å². The summed E-state index contributed by atoms with van der Waals surface area (Å²) in [6, 6.07) is 4.32. The minimum Gasteiger partial charge on any atom is -0.371 e. The average molecular weight is 249 g/mol. The second-order valence-electron chi connectivity index (χ2n) is 5.13. The molecule has 96 valence electrons. The van der Waals surface area contributed by atoms with Crippen molar-refractivity contribution in [2.45, 2.75) is 32.0 Å². The Hall–Kier alpha value is -1.42. The highest BCUT2D eigenvalue weighted by Crippen LogP contribution is 2.27. The number of carbonyl (C=O) groups excluding carboxylic acids is 1. The van der Waals surface area contributed by atoms with Gasteiger partial charge in [0.25, 0.3) is 5.91 Å². The Bertz CT molecular complexity index is 477. The van der Waals surface area contributed by atoms with Crippen LogP contribution in [0.2, 0.25) is 0 Å². The summed E-state index contributed by atoms with van der Waals surface area (Å²) in [4.78, 5) is 14.2. The molecule has 1 amide bonds. The van der Waals surface area contributed by atoms with Gasteiger partial charge in [0.2, 0.25) is 0 Å². The summed E-state index contributed by atoms with van der Waals surface area (Å²) in [5.41, 5.74) is 1.29. The number of aryl methyl sites for hydroxylation is 1. The highest BCUT2D eigenvalue weighted by Gasteiger charge is 2.36. The maximum atomic E-state index is 13.0. The maximum Gasteiger partial charge on any atom is 0.254 e. The third-order valence-electron chi connectivity index (χ3n) is 3.75. The van der Waals surface area contributed by atoms with E-state index < -0.39 is 0 Å². The fraction of sp³-hybridized carbons (Fsp3) is 0.500. The van der Waals surface area contributed by atoms with E-state index in [1.165, 1.54) is 12.1 Å². The van der Waals surface area contributed by atoms with Gasteiger partial charge in [-0.25, -0.2) is 4.39 Å². The summed E-state index contributed by atoms with van der Waals surface area (Å²) < 4.78 is 18.8. The Labute approximate surface area is 106 Å². The third-order valence-corrected chi connectivity index (χ3v) is 3.75. The number of ether oxygens (including phenoxy) is 1. The first kappa shape index (κ1) is 11.7. The molecule has 0 radical (unpaired) electrons. The first-order chi connectivity index (χ1) is 8.63. The van der Waals surface area contributed by atoms with E-state index in [9.17, 15) is 9.18 Å². The molecule has 2 saturated heterocycles. The smallest absolute Gasteiger partial charge is 0.254 e. The van der Waals surface area contributed by atoms with Gasteiger partial charge in [-0.05, 0) is 43.5 Å². The van der Waals surface area contributed by atoms with E-state index in [0.29, 0.717) is 24.2 Å². The second-order valence-corrected chi connectivity index (χ2v) is 5.13. The zero-order valence-electron chi connectivity index (χ0n) is 10.4. The van der Waals surface area contributed by atoms with Crippen LogP contribution < -0.4 is 0 Å².